The highest BCUT2D eigenvalue weighted by Crippen LogP contribution is 2.54. The number of benzene rings is 4. The van der Waals surface area contributed by atoms with Crippen LogP contribution in [0.4, 0.5) is 5.69 Å². The monoisotopic (exact) mass is 530 g/mol. The van der Waals surface area contributed by atoms with Gasteiger partial charge in [0.2, 0.25) is 5.91 Å². The fourth-order valence-corrected chi connectivity index (χ4v) is 6.25. The third-order valence-electron chi connectivity index (χ3n) is 8.43. The number of hydrogen-bond acceptors (Lipinski definition) is 4. The van der Waals surface area contributed by atoms with Crippen LogP contribution >= 0.6 is 0 Å². The highest BCUT2D eigenvalue weighted by atomic mass is 16.5. The minimum atomic E-state index is -0.883. The van der Waals surface area contributed by atoms with Gasteiger partial charge in [0.1, 0.15) is 23.5 Å². The number of nitrogens with one attached hydrogen (secondary N) is 1. The Bertz CT molecular complexity index is 1630. The molecule has 0 aromatic heterocycles. The van der Waals surface area contributed by atoms with Gasteiger partial charge >= 0.3 is 0 Å². The summed E-state index contributed by atoms with van der Waals surface area (Å²) in [6.45, 7) is 3.92. The smallest absolute Gasteiger partial charge is 0.251 e. The van der Waals surface area contributed by atoms with E-state index in [1.54, 1.807) is 0 Å². The number of fused-ring (bicyclic) bond motifs is 5. The van der Waals surface area contributed by atoms with Crippen LogP contribution in [0.15, 0.2) is 91.0 Å². The fraction of sp³-hybridized carbons (Fsp3) is 0.235. The highest BCUT2D eigenvalue weighted by Gasteiger charge is 2.57. The van der Waals surface area contributed by atoms with Gasteiger partial charge < -0.3 is 19.7 Å². The standard InChI is InChI=1S/C34H30N2O4/c1-22(24-9-3-2-4-10-24)19-35-32(37)26-11-7-8-23(16-26)20-36-29-13-6-5-12-27(29)34(33(36)38)21-40-31-18-30-25(14-15-39-30)17-28(31)34/h2-13,16-18,22H,14-15,19-21H2,1H3,(H,35,37). The van der Waals surface area contributed by atoms with Crippen LogP contribution in [0.5, 0.6) is 11.5 Å². The average Bonchev–Trinajstić information content (AvgIpc) is 3.67. The molecule has 200 valence electrons. The Morgan fingerprint density at radius 1 is 0.925 bits per heavy atom. The number of carbonyl (C=O) groups excluding carboxylic acids is 2. The number of nitrogens with zero attached hydrogens (tertiary/aromatic N) is 1. The van der Waals surface area contributed by atoms with Gasteiger partial charge in [-0.25, -0.2) is 0 Å². The summed E-state index contributed by atoms with van der Waals surface area (Å²) in [5, 5.41) is 3.07. The lowest BCUT2D eigenvalue weighted by molar-refractivity contribution is -0.122. The summed E-state index contributed by atoms with van der Waals surface area (Å²) >= 11 is 0. The molecule has 4 aromatic carbocycles. The van der Waals surface area contributed by atoms with E-state index in [9.17, 15) is 9.59 Å². The van der Waals surface area contributed by atoms with Crippen molar-refractivity contribution < 1.29 is 19.1 Å². The van der Waals surface area contributed by atoms with Crippen LogP contribution in [0, 0.1) is 0 Å². The van der Waals surface area contributed by atoms with Crippen molar-refractivity contribution in [2.45, 2.75) is 31.2 Å². The lowest BCUT2D eigenvalue weighted by Gasteiger charge is -2.23. The molecule has 6 nitrogen and oxygen atoms in total. The van der Waals surface area contributed by atoms with Crippen LogP contribution in [0.2, 0.25) is 0 Å². The Hall–Kier alpha value is -4.58. The topological polar surface area (TPSA) is 67.9 Å². The average molecular weight is 531 g/mol. The Kier molecular flexibility index (Phi) is 5.84. The minimum absolute atomic E-state index is 0.00199. The number of para-hydroxylation sites is 1. The molecule has 40 heavy (non-hydrogen) atoms. The van der Waals surface area contributed by atoms with Crippen molar-refractivity contribution >= 4 is 17.5 Å². The second-order valence-corrected chi connectivity index (χ2v) is 10.9. The number of hydrogen-bond donors (Lipinski definition) is 1. The maximum absolute atomic E-state index is 14.3. The molecule has 0 fully saturated rings. The molecule has 0 saturated heterocycles. The van der Waals surface area contributed by atoms with Crippen molar-refractivity contribution in [3.05, 3.63) is 124 Å². The number of carbonyl (C=O) groups is 2. The summed E-state index contributed by atoms with van der Waals surface area (Å²) < 4.78 is 11.9. The molecule has 2 amide bonds. The van der Waals surface area contributed by atoms with E-state index in [4.69, 9.17) is 9.47 Å². The van der Waals surface area contributed by atoms with Crippen molar-refractivity contribution in [2.24, 2.45) is 0 Å². The molecule has 3 aliphatic rings. The quantitative estimate of drug-likeness (QED) is 0.364. The summed E-state index contributed by atoms with van der Waals surface area (Å²) in [5.74, 6) is 1.64. The first-order valence-electron chi connectivity index (χ1n) is 13.8. The molecule has 0 radical (unpaired) electrons. The molecule has 0 aliphatic carbocycles. The third kappa shape index (κ3) is 3.86. The Morgan fingerprint density at radius 2 is 1.75 bits per heavy atom. The number of ether oxygens (including phenoxy) is 2. The number of amides is 2. The largest absolute Gasteiger partial charge is 0.493 e. The van der Waals surface area contributed by atoms with Crippen LogP contribution in [-0.4, -0.2) is 31.6 Å². The number of anilines is 1. The molecule has 2 unspecified atom stereocenters. The van der Waals surface area contributed by atoms with Crippen LogP contribution in [0.1, 0.15) is 51.0 Å². The van der Waals surface area contributed by atoms with E-state index in [0.717, 1.165) is 40.1 Å². The first-order valence-corrected chi connectivity index (χ1v) is 13.8. The molecular weight excluding hydrogens is 500 g/mol. The second-order valence-electron chi connectivity index (χ2n) is 10.9. The van der Waals surface area contributed by atoms with Gasteiger partial charge in [-0.1, -0.05) is 67.6 Å². The van der Waals surface area contributed by atoms with E-state index < -0.39 is 5.41 Å². The van der Waals surface area contributed by atoms with Gasteiger partial charge in [0.25, 0.3) is 5.91 Å². The van der Waals surface area contributed by atoms with Crippen LogP contribution in [-0.2, 0) is 23.2 Å². The van der Waals surface area contributed by atoms with Crippen LogP contribution in [0.3, 0.4) is 0 Å². The number of rotatable bonds is 6. The van der Waals surface area contributed by atoms with Crippen molar-refractivity contribution in [1.29, 1.82) is 0 Å². The maximum Gasteiger partial charge on any atom is 0.251 e. The molecule has 3 aliphatic heterocycles. The normalized spacial score (nSPS) is 19.0. The second kappa shape index (κ2) is 9.56. The molecule has 0 saturated carbocycles. The summed E-state index contributed by atoms with van der Waals surface area (Å²) in [5.41, 5.74) is 5.65. The van der Waals surface area contributed by atoms with Crippen LogP contribution < -0.4 is 19.7 Å². The van der Waals surface area contributed by atoms with Gasteiger partial charge in [0, 0.05) is 35.8 Å². The van der Waals surface area contributed by atoms with Gasteiger partial charge in [-0.2, -0.15) is 0 Å². The maximum atomic E-state index is 14.3. The van der Waals surface area contributed by atoms with E-state index in [-0.39, 0.29) is 24.3 Å². The zero-order valence-corrected chi connectivity index (χ0v) is 22.4. The predicted octanol–water partition coefficient (Wildman–Crippen LogP) is 5.38. The molecule has 1 N–H and O–H groups in total. The first kappa shape index (κ1) is 24.5. The molecular formula is C34H30N2O4. The lowest BCUT2D eigenvalue weighted by atomic mass is 9.76. The SMILES string of the molecule is CC(CNC(=O)c1cccc(CN2C(=O)C3(COc4cc5c(cc43)CCO5)c3ccccc32)c1)c1ccccc1. The lowest BCUT2D eigenvalue weighted by Crippen LogP contribution is -2.42. The summed E-state index contributed by atoms with van der Waals surface area (Å²) in [6.07, 6.45) is 0.831. The first-order chi connectivity index (χ1) is 19.5. The van der Waals surface area contributed by atoms with Gasteiger partial charge in [-0.15, -0.1) is 0 Å². The van der Waals surface area contributed by atoms with E-state index in [1.165, 1.54) is 5.56 Å². The zero-order chi connectivity index (χ0) is 27.3. The molecule has 1 spiro atoms. The zero-order valence-electron chi connectivity index (χ0n) is 22.4. The summed E-state index contributed by atoms with van der Waals surface area (Å²) in [7, 11) is 0. The minimum Gasteiger partial charge on any atom is -0.493 e. The van der Waals surface area contributed by atoms with E-state index in [2.05, 4.69) is 30.4 Å². The van der Waals surface area contributed by atoms with Crippen molar-refractivity contribution in [1.82, 2.24) is 5.32 Å². The van der Waals surface area contributed by atoms with Crippen molar-refractivity contribution in [2.75, 3.05) is 24.7 Å². The summed E-state index contributed by atoms with van der Waals surface area (Å²) in [6, 6.07) is 29.7. The molecule has 7 rings (SSSR count). The van der Waals surface area contributed by atoms with Gasteiger partial charge in [0.05, 0.1) is 13.2 Å². The fourth-order valence-electron chi connectivity index (χ4n) is 6.25. The molecule has 6 heteroatoms. The Labute approximate surface area is 233 Å². The Balaban J connectivity index is 1.14. The third-order valence-corrected chi connectivity index (χ3v) is 8.43. The molecule has 4 aromatic rings. The van der Waals surface area contributed by atoms with E-state index in [1.807, 2.05) is 77.7 Å². The van der Waals surface area contributed by atoms with E-state index in [0.29, 0.717) is 31.0 Å². The molecule has 0 bridgehead atoms. The van der Waals surface area contributed by atoms with Crippen LogP contribution in [0.25, 0.3) is 0 Å². The van der Waals surface area contributed by atoms with Gasteiger partial charge in [-0.05, 0) is 52.4 Å². The van der Waals surface area contributed by atoms with Crippen molar-refractivity contribution in [3.63, 3.8) is 0 Å². The van der Waals surface area contributed by atoms with Crippen molar-refractivity contribution in [3.8, 4) is 11.5 Å². The predicted molar refractivity (Wildman–Crippen MR) is 153 cm³/mol. The molecule has 2 atom stereocenters. The Morgan fingerprint density at radius 3 is 2.62 bits per heavy atom. The van der Waals surface area contributed by atoms with E-state index >= 15 is 0 Å². The highest BCUT2D eigenvalue weighted by molar-refractivity contribution is 6.11. The summed E-state index contributed by atoms with van der Waals surface area (Å²) in [4.78, 5) is 29.2. The van der Waals surface area contributed by atoms with Gasteiger partial charge in [-0.3, -0.25) is 9.59 Å². The molecule has 3 heterocycles. The van der Waals surface area contributed by atoms with Gasteiger partial charge in [0.15, 0.2) is 0 Å².